The smallest absolute Gasteiger partial charge is 0.192 e. The van der Waals surface area contributed by atoms with Crippen LogP contribution in [0.3, 0.4) is 0 Å². The maximum absolute atomic E-state index is 13.3. The number of allylic oxidation sites excluding steroid dienone is 1. The molecule has 1 aliphatic heterocycles. The van der Waals surface area contributed by atoms with E-state index in [0.29, 0.717) is 17.6 Å². The second kappa shape index (κ2) is 5.56. The molecule has 27 heavy (non-hydrogen) atoms. The van der Waals surface area contributed by atoms with Gasteiger partial charge in [0.05, 0.1) is 11.6 Å². The summed E-state index contributed by atoms with van der Waals surface area (Å²) in [4.78, 5) is 35.6. The van der Waals surface area contributed by atoms with Crippen molar-refractivity contribution >= 4 is 23.0 Å². The molecular weight excluding hydrogens is 336 g/mol. The molecule has 3 aliphatic rings. The molecule has 2 aromatic rings. The van der Waals surface area contributed by atoms with E-state index >= 15 is 0 Å². The van der Waals surface area contributed by atoms with Gasteiger partial charge in [0.1, 0.15) is 5.78 Å². The van der Waals surface area contributed by atoms with E-state index in [0.717, 1.165) is 29.0 Å². The minimum absolute atomic E-state index is 0.00473. The lowest BCUT2D eigenvalue weighted by Gasteiger charge is -2.40. The molecule has 0 saturated heterocycles. The first-order valence-corrected chi connectivity index (χ1v) is 9.35. The average molecular weight is 356 g/mol. The fraction of sp³-hybridized carbons (Fsp3) is 0.304. The number of aromatic nitrogens is 1. The average Bonchev–Trinajstić information content (AvgIpc) is 2.92. The van der Waals surface area contributed by atoms with Crippen molar-refractivity contribution in [3.8, 4) is 0 Å². The zero-order chi connectivity index (χ0) is 18.8. The number of carbonyl (C=O) groups is 2. The number of rotatable bonds is 1. The van der Waals surface area contributed by atoms with Crippen molar-refractivity contribution in [3.05, 3.63) is 71.1 Å². The molecule has 0 spiro atoms. The van der Waals surface area contributed by atoms with Crippen molar-refractivity contribution in [2.75, 3.05) is 0 Å². The van der Waals surface area contributed by atoms with Crippen LogP contribution in [0, 0.1) is 11.3 Å². The number of nitrogens with zero attached hydrogens (tertiary/aromatic N) is 2. The van der Waals surface area contributed by atoms with Gasteiger partial charge in [0.25, 0.3) is 0 Å². The Bertz CT molecular complexity index is 1050. The summed E-state index contributed by atoms with van der Waals surface area (Å²) in [5.41, 5.74) is 4.70. The molecule has 2 atom stereocenters. The predicted molar refractivity (Wildman–Crippen MR) is 104 cm³/mol. The van der Waals surface area contributed by atoms with E-state index < -0.39 is 0 Å². The highest BCUT2D eigenvalue weighted by molar-refractivity contribution is 6.25. The fourth-order valence-electron chi connectivity index (χ4n) is 4.84. The number of hydrogen-bond acceptors (Lipinski definition) is 4. The second-order valence-electron chi connectivity index (χ2n) is 8.47. The number of ketones is 2. The number of Topliss-reactive ketones (excluding diaryl/α,β-unsaturated/α-hetero) is 2. The Balaban J connectivity index is 1.76. The summed E-state index contributed by atoms with van der Waals surface area (Å²) >= 11 is 0. The first-order chi connectivity index (χ1) is 13.0. The van der Waals surface area contributed by atoms with Crippen LogP contribution in [0.15, 0.2) is 59.4 Å². The molecule has 4 heteroatoms. The highest BCUT2D eigenvalue weighted by Crippen LogP contribution is 2.51. The zero-order valence-corrected chi connectivity index (χ0v) is 15.4. The van der Waals surface area contributed by atoms with Crippen molar-refractivity contribution in [1.82, 2.24) is 4.98 Å². The number of aliphatic imine (C=N–C) groups is 1. The summed E-state index contributed by atoms with van der Waals surface area (Å²) in [7, 11) is 0. The summed E-state index contributed by atoms with van der Waals surface area (Å²) in [6, 6.07) is 11.5. The normalized spacial score (nSPS) is 25.6. The number of hydrogen-bond donors (Lipinski definition) is 0. The van der Waals surface area contributed by atoms with E-state index in [9.17, 15) is 9.59 Å². The van der Waals surface area contributed by atoms with Crippen LogP contribution in [-0.4, -0.2) is 22.3 Å². The van der Waals surface area contributed by atoms with Crippen molar-refractivity contribution in [3.63, 3.8) is 0 Å². The van der Waals surface area contributed by atoms with Gasteiger partial charge < -0.3 is 0 Å². The lowest BCUT2D eigenvalue weighted by Crippen LogP contribution is -2.43. The Morgan fingerprint density at radius 1 is 0.963 bits per heavy atom. The van der Waals surface area contributed by atoms with Gasteiger partial charge in [-0.15, -0.1) is 0 Å². The van der Waals surface area contributed by atoms with Crippen LogP contribution in [0.1, 0.15) is 54.1 Å². The molecule has 0 amide bonds. The van der Waals surface area contributed by atoms with E-state index in [1.807, 2.05) is 36.4 Å². The summed E-state index contributed by atoms with van der Waals surface area (Å²) in [5, 5.41) is 0. The Morgan fingerprint density at radius 2 is 1.74 bits per heavy atom. The minimum Gasteiger partial charge on any atom is -0.299 e. The monoisotopic (exact) mass is 356 g/mol. The van der Waals surface area contributed by atoms with Crippen LogP contribution in [0.2, 0.25) is 0 Å². The van der Waals surface area contributed by atoms with E-state index in [4.69, 9.17) is 4.99 Å². The Morgan fingerprint density at radius 3 is 2.48 bits per heavy atom. The molecule has 1 unspecified atom stereocenters. The number of benzene rings is 1. The topological polar surface area (TPSA) is 59.4 Å². The van der Waals surface area contributed by atoms with Gasteiger partial charge in [-0.05, 0) is 23.5 Å². The third kappa shape index (κ3) is 2.36. The summed E-state index contributed by atoms with van der Waals surface area (Å²) in [6.07, 6.45) is 4.78. The summed E-state index contributed by atoms with van der Waals surface area (Å²) in [6.45, 7) is 4.22. The molecule has 0 bridgehead atoms. The molecule has 1 aromatic carbocycles. The highest BCUT2D eigenvalue weighted by atomic mass is 16.1. The third-order valence-electron chi connectivity index (χ3n) is 5.89. The molecule has 0 N–H and O–H groups in total. The van der Waals surface area contributed by atoms with Crippen molar-refractivity contribution < 1.29 is 9.59 Å². The first kappa shape index (κ1) is 16.3. The highest BCUT2D eigenvalue weighted by Gasteiger charge is 2.50. The van der Waals surface area contributed by atoms with E-state index in [-0.39, 0.29) is 28.8 Å². The fourth-order valence-corrected chi connectivity index (χ4v) is 4.84. The molecule has 1 fully saturated rings. The molecular formula is C23H20N2O2. The van der Waals surface area contributed by atoms with Crippen molar-refractivity contribution in [2.45, 2.75) is 32.6 Å². The van der Waals surface area contributed by atoms with Crippen LogP contribution in [-0.2, 0) is 4.79 Å². The van der Waals surface area contributed by atoms with Gasteiger partial charge in [0, 0.05) is 47.1 Å². The minimum atomic E-state index is -0.362. The van der Waals surface area contributed by atoms with Crippen molar-refractivity contribution in [2.24, 2.45) is 16.3 Å². The van der Waals surface area contributed by atoms with Gasteiger partial charge in [0.15, 0.2) is 5.78 Å². The second-order valence-corrected chi connectivity index (χ2v) is 8.47. The Kier molecular flexibility index (Phi) is 3.36. The van der Waals surface area contributed by atoms with Gasteiger partial charge in [-0.2, -0.15) is 0 Å². The molecule has 2 aliphatic carbocycles. The van der Waals surface area contributed by atoms with Crippen LogP contribution < -0.4 is 0 Å². The van der Waals surface area contributed by atoms with Gasteiger partial charge >= 0.3 is 0 Å². The molecule has 2 heterocycles. The third-order valence-corrected chi connectivity index (χ3v) is 5.89. The summed E-state index contributed by atoms with van der Waals surface area (Å²) in [5.74, 6) is -0.493. The molecule has 134 valence electrons. The van der Waals surface area contributed by atoms with Crippen molar-refractivity contribution in [1.29, 1.82) is 0 Å². The van der Waals surface area contributed by atoms with E-state index in [2.05, 4.69) is 18.8 Å². The van der Waals surface area contributed by atoms with Gasteiger partial charge in [0.2, 0.25) is 0 Å². The Labute approximate surface area is 158 Å². The van der Waals surface area contributed by atoms with Crippen LogP contribution in [0.25, 0.3) is 5.70 Å². The number of carbonyl (C=O) groups excluding carboxylic acids is 2. The number of fused-ring (bicyclic) bond motifs is 3. The van der Waals surface area contributed by atoms with E-state index in [1.54, 1.807) is 12.4 Å². The molecule has 4 nitrogen and oxygen atoms in total. The molecule has 1 saturated carbocycles. The largest absolute Gasteiger partial charge is 0.299 e. The maximum atomic E-state index is 13.3. The van der Waals surface area contributed by atoms with E-state index in [1.165, 1.54) is 0 Å². The quantitative estimate of drug-likeness (QED) is 0.768. The van der Waals surface area contributed by atoms with Crippen LogP contribution in [0.5, 0.6) is 0 Å². The first-order valence-electron chi connectivity index (χ1n) is 9.35. The van der Waals surface area contributed by atoms with Gasteiger partial charge in [-0.3, -0.25) is 19.6 Å². The lowest BCUT2D eigenvalue weighted by molar-refractivity contribution is -0.124. The molecule has 5 rings (SSSR count). The molecule has 1 aromatic heterocycles. The zero-order valence-electron chi connectivity index (χ0n) is 15.4. The van der Waals surface area contributed by atoms with Gasteiger partial charge in [-0.1, -0.05) is 44.2 Å². The maximum Gasteiger partial charge on any atom is 0.192 e. The predicted octanol–water partition coefficient (Wildman–Crippen LogP) is 4.23. The Hall–Kier alpha value is -2.88. The molecule has 0 radical (unpaired) electrons. The SMILES string of the molecule is CC1(C)CC(=O)C2C(=NC3=C(C(=O)c4ccccc43)[C@H]2c2cccnc2)C1. The summed E-state index contributed by atoms with van der Waals surface area (Å²) < 4.78 is 0. The van der Waals surface area contributed by atoms with Crippen LogP contribution in [0.4, 0.5) is 0 Å². The van der Waals surface area contributed by atoms with Gasteiger partial charge in [-0.25, -0.2) is 0 Å². The lowest BCUT2D eigenvalue weighted by atomic mass is 9.63. The van der Waals surface area contributed by atoms with Crippen LogP contribution >= 0.6 is 0 Å². The number of pyridine rings is 1. The standard InChI is InChI=1S/C23H20N2O2/c1-23(2)10-16-19(17(26)11-23)18(13-6-5-9-24-12-13)20-21(25-16)14-7-3-4-8-15(14)22(20)27/h3-9,12,18-19H,10-11H2,1-2H3/t18-,19?/m0/s1.